The molecule has 2 rings (SSSR count). The number of aryl methyl sites for hydroxylation is 1. The molecule has 0 saturated heterocycles. The van der Waals surface area contributed by atoms with E-state index in [4.69, 9.17) is 23.2 Å². The summed E-state index contributed by atoms with van der Waals surface area (Å²) in [7, 11) is 0. The van der Waals surface area contributed by atoms with E-state index < -0.39 is 0 Å². The van der Waals surface area contributed by atoms with Crippen molar-refractivity contribution < 1.29 is 4.79 Å². The number of benzene rings is 2. The number of carbonyl (C=O) groups excluding carboxylic acids is 1. The molecule has 0 aliphatic rings. The normalized spacial score (nSPS) is 10.2. The van der Waals surface area contributed by atoms with Gasteiger partial charge in [0.15, 0.2) is 0 Å². The Kier molecular flexibility index (Phi) is 5.48. The Bertz CT molecular complexity index is 627. The lowest BCUT2D eigenvalue weighted by atomic mass is 10.1. The quantitative estimate of drug-likeness (QED) is 0.844. The summed E-state index contributed by atoms with van der Waals surface area (Å²) in [6.07, 6.45) is 0.787. The monoisotopic (exact) mass is 322 g/mol. The van der Waals surface area contributed by atoms with Gasteiger partial charge in [-0.05, 0) is 37.1 Å². The van der Waals surface area contributed by atoms with Crippen molar-refractivity contribution in [2.75, 3.05) is 11.9 Å². The molecule has 2 aromatic carbocycles. The Balaban J connectivity index is 1.79. The topological polar surface area (TPSA) is 41.1 Å². The van der Waals surface area contributed by atoms with Gasteiger partial charge in [0.2, 0.25) is 0 Å². The van der Waals surface area contributed by atoms with Gasteiger partial charge in [0.25, 0.3) is 0 Å². The third kappa shape index (κ3) is 4.96. The third-order valence-electron chi connectivity index (χ3n) is 3.00. The van der Waals surface area contributed by atoms with Crippen LogP contribution in [0.3, 0.4) is 0 Å². The molecule has 5 heteroatoms. The maximum absolute atomic E-state index is 11.8. The smallest absolute Gasteiger partial charge is 0.319 e. The minimum Gasteiger partial charge on any atom is -0.338 e. The summed E-state index contributed by atoms with van der Waals surface area (Å²) in [4.78, 5) is 11.8. The molecule has 0 aliphatic heterocycles. The second-order valence-corrected chi connectivity index (χ2v) is 5.56. The van der Waals surface area contributed by atoms with Crippen LogP contribution in [0.5, 0.6) is 0 Å². The summed E-state index contributed by atoms with van der Waals surface area (Å²) >= 11 is 11.7. The molecule has 0 saturated carbocycles. The lowest BCUT2D eigenvalue weighted by Crippen LogP contribution is -2.30. The number of nitrogens with one attached hydrogen (secondary N) is 2. The number of hydrogen-bond donors (Lipinski definition) is 2. The van der Waals surface area contributed by atoms with Crippen molar-refractivity contribution in [1.82, 2.24) is 5.32 Å². The fraction of sp³-hybridized carbons (Fsp3) is 0.188. The minimum absolute atomic E-state index is 0.263. The van der Waals surface area contributed by atoms with Crippen molar-refractivity contribution in [3.8, 4) is 0 Å². The maximum Gasteiger partial charge on any atom is 0.319 e. The van der Waals surface area contributed by atoms with Crippen LogP contribution in [0.25, 0.3) is 0 Å². The average molecular weight is 323 g/mol. The molecule has 21 heavy (non-hydrogen) atoms. The maximum atomic E-state index is 11.8. The molecule has 0 spiro atoms. The van der Waals surface area contributed by atoms with Crippen LogP contribution in [0.2, 0.25) is 10.0 Å². The number of carbonyl (C=O) groups is 1. The van der Waals surface area contributed by atoms with E-state index in [1.807, 2.05) is 6.92 Å². The van der Waals surface area contributed by atoms with Crippen molar-refractivity contribution in [1.29, 1.82) is 0 Å². The van der Waals surface area contributed by atoms with Gasteiger partial charge in [-0.1, -0.05) is 53.0 Å². The first-order valence-electron chi connectivity index (χ1n) is 6.60. The number of rotatable bonds is 4. The van der Waals surface area contributed by atoms with Crippen LogP contribution in [0.4, 0.5) is 10.5 Å². The number of amides is 2. The molecule has 0 aliphatic carbocycles. The molecule has 3 nitrogen and oxygen atoms in total. The van der Waals surface area contributed by atoms with E-state index in [-0.39, 0.29) is 6.03 Å². The van der Waals surface area contributed by atoms with Gasteiger partial charge >= 0.3 is 6.03 Å². The molecule has 0 fully saturated rings. The van der Waals surface area contributed by atoms with E-state index >= 15 is 0 Å². The highest BCUT2D eigenvalue weighted by Gasteiger charge is 2.04. The standard InChI is InChI=1S/C16H16Cl2N2O/c1-11-2-4-12(5-3-11)8-9-19-16(21)20-13-6-7-14(17)15(18)10-13/h2-7,10H,8-9H2,1H3,(H2,19,20,21). The van der Waals surface area contributed by atoms with Crippen molar-refractivity contribution in [2.24, 2.45) is 0 Å². The predicted octanol–water partition coefficient (Wildman–Crippen LogP) is 4.67. The van der Waals surface area contributed by atoms with E-state index in [0.717, 1.165) is 6.42 Å². The van der Waals surface area contributed by atoms with Crippen LogP contribution in [0.1, 0.15) is 11.1 Å². The molecule has 0 bridgehead atoms. The summed E-state index contributed by atoms with van der Waals surface area (Å²) in [5.41, 5.74) is 3.02. The van der Waals surface area contributed by atoms with Crippen molar-refractivity contribution in [3.05, 3.63) is 63.6 Å². The Labute approximate surface area is 134 Å². The van der Waals surface area contributed by atoms with E-state index in [0.29, 0.717) is 22.3 Å². The molecule has 2 amide bonds. The highest BCUT2D eigenvalue weighted by molar-refractivity contribution is 6.42. The van der Waals surface area contributed by atoms with Crippen molar-refractivity contribution in [3.63, 3.8) is 0 Å². The SMILES string of the molecule is Cc1ccc(CCNC(=O)Nc2ccc(Cl)c(Cl)c2)cc1. The largest absolute Gasteiger partial charge is 0.338 e. The van der Waals surface area contributed by atoms with Gasteiger partial charge < -0.3 is 10.6 Å². The van der Waals surface area contributed by atoms with E-state index in [1.54, 1.807) is 18.2 Å². The van der Waals surface area contributed by atoms with Crippen LogP contribution in [-0.2, 0) is 6.42 Å². The molecule has 2 N–H and O–H groups in total. The third-order valence-corrected chi connectivity index (χ3v) is 3.74. The van der Waals surface area contributed by atoms with Crippen LogP contribution >= 0.6 is 23.2 Å². The fourth-order valence-corrected chi connectivity index (χ4v) is 2.12. The van der Waals surface area contributed by atoms with Crippen molar-refractivity contribution >= 4 is 34.9 Å². The Morgan fingerprint density at radius 2 is 1.76 bits per heavy atom. The Hall–Kier alpha value is -1.71. The van der Waals surface area contributed by atoms with Gasteiger partial charge in [0.1, 0.15) is 0 Å². The molecule has 0 unspecified atom stereocenters. The van der Waals surface area contributed by atoms with Crippen LogP contribution in [0.15, 0.2) is 42.5 Å². The first-order valence-corrected chi connectivity index (χ1v) is 7.35. The summed E-state index contributed by atoms with van der Waals surface area (Å²) in [5, 5.41) is 6.39. The lowest BCUT2D eigenvalue weighted by Gasteiger charge is -2.08. The zero-order chi connectivity index (χ0) is 15.2. The second-order valence-electron chi connectivity index (χ2n) is 4.75. The van der Waals surface area contributed by atoms with E-state index in [9.17, 15) is 4.79 Å². The average Bonchev–Trinajstić information content (AvgIpc) is 2.45. The van der Waals surface area contributed by atoms with Crippen molar-refractivity contribution in [2.45, 2.75) is 13.3 Å². The van der Waals surface area contributed by atoms with Crippen LogP contribution in [0, 0.1) is 6.92 Å². The zero-order valence-corrected chi connectivity index (χ0v) is 13.1. The van der Waals surface area contributed by atoms with Gasteiger partial charge in [0, 0.05) is 12.2 Å². The summed E-state index contributed by atoms with van der Waals surface area (Å²) in [5.74, 6) is 0. The van der Waals surface area contributed by atoms with Gasteiger partial charge in [-0.2, -0.15) is 0 Å². The summed E-state index contributed by atoms with van der Waals surface area (Å²) in [6, 6.07) is 12.9. The van der Waals surface area contributed by atoms with E-state index in [1.165, 1.54) is 11.1 Å². The first-order chi connectivity index (χ1) is 10.0. The van der Waals surface area contributed by atoms with Crippen LogP contribution < -0.4 is 10.6 Å². The second kappa shape index (κ2) is 7.34. The summed E-state index contributed by atoms with van der Waals surface area (Å²) in [6.45, 7) is 2.61. The minimum atomic E-state index is -0.263. The molecule has 0 heterocycles. The van der Waals surface area contributed by atoms with E-state index in [2.05, 4.69) is 34.9 Å². The highest BCUT2D eigenvalue weighted by Crippen LogP contribution is 2.24. The fourth-order valence-electron chi connectivity index (χ4n) is 1.82. The zero-order valence-electron chi connectivity index (χ0n) is 11.6. The Morgan fingerprint density at radius 1 is 1.05 bits per heavy atom. The van der Waals surface area contributed by atoms with Gasteiger partial charge in [-0.3, -0.25) is 0 Å². The summed E-state index contributed by atoms with van der Waals surface area (Å²) < 4.78 is 0. The van der Waals surface area contributed by atoms with Gasteiger partial charge in [0.05, 0.1) is 10.0 Å². The first kappa shape index (κ1) is 15.7. The van der Waals surface area contributed by atoms with Crippen LogP contribution in [-0.4, -0.2) is 12.6 Å². The molecule has 0 radical (unpaired) electrons. The molecular formula is C16H16Cl2N2O. The number of anilines is 1. The van der Waals surface area contributed by atoms with Gasteiger partial charge in [-0.15, -0.1) is 0 Å². The molecule has 2 aromatic rings. The van der Waals surface area contributed by atoms with Gasteiger partial charge in [-0.25, -0.2) is 4.79 Å². The molecule has 0 atom stereocenters. The molecule has 0 aromatic heterocycles. The molecule has 110 valence electrons. The molecular weight excluding hydrogens is 307 g/mol. The highest BCUT2D eigenvalue weighted by atomic mass is 35.5. The number of urea groups is 1. The lowest BCUT2D eigenvalue weighted by molar-refractivity contribution is 0.252. The number of hydrogen-bond acceptors (Lipinski definition) is 1. The number of halogens is 2. The Morgan fingerprint density at radius 3 is 2.43 bits per heavy atom. The predicted molar refractivity (Wildman–Crippen MR) is 88.4 cm³/mol.